The van der Waals surface area contributed by atoms with Crippen LogP contribution in [0.3, 0.4) is 0 Å². The van der Waals surface area contributed by atoms with Gasteiger partial charge in [0.2, 0.25) is 11.8 Å². The van der Waals surface area contributed by atoms with Gasteiger partial charge in [0.1, 0.15) is 11.8 Å². The number of carbonyl (C=O) groups excluding carboxylic acids is 3. The molecule has 1 aromatic rings. The molecule has 8 nitrogen and oxygen atoms in total. The fourth-order valence-electron chi connectivity index (χ4n) is 2.92. The van der Waals surface area contributed by atoms with Crippen molar-refractivity contribution >= 4 is 17.8 Å². The molecule has 2 N–H and O–H groups in total. The summed E-state index contributed by atoms with van der Waals surface area (Å²) in [7, 11) is 1.61. The minimum atomic E-state index is -0.821. The van der Waals surface area contributed by atoms with E-state index < -0.39 is 12.0 Å². The summed E-state index contributed by atoms with van der Waals surface area (Å²) >= 11 is 0. The number of nitrogens with zero attached hydrogens (tertiary/aromatic N) is 1. The smallest absolute Gasteiger partial charge is 0.308 e. The lowest BCUT2D eigenvalue weighted by Crippen LogP contribution is -2.59. The van der Waals surface area contributed by atoms with Crippen molar-refractivity contribution in [2.24, 2.45) is 0 Å². The van der Waals surface area contributed by atoms with Gasteiger partial charge in [-0.15, -0.1) is 0 Å². The van der Waals surface area contributed by atoms with Gasteiger partial charge in [0, 0.05) is 19.6 Å². The molecule has 1 fully saturated rings. The molecule has 154 valence electrons. The first kappa shape index (κ1) is 21.7. The van der Waals surface area contributed by atoms with Gasteiger partial charge in [-0.1, -0.05) is 25.5 Å². The first-order valence-electron chi connectivity index (χ1n) is 9.61. The van der Waals surface area contributed by atoms with Gasteiger partial charge in [0.05, 0.1) is 26.7 Å². The quantitative estimate of drug-likeness (QED) is 0.453. The first-order chi connectivity index (χ1) is 13.5. The van der Waals surface area contributed by atoms with Gasteiger partial charge in [0.25, 0.3) is 0 Å². The summed E-state index contributed by atoms with van der Waals surface area (Å²) in [5.74, 6) is -0.218. The Bertz CT molecular complexity index is 662. The Morgan fingerprint density at radius 1 is 1.29 bits per heavy atom. The van der Waals surface area contributed by atoms with Crippen LogP contribution < -0.4 is 15.4 Å². The second kappa shape index (κ2) is 11.3. The van der Waals surface area contributed by atoms with Crippen LogP contribution in [0.5, 0.6) is 5.75 Å². The summed E-state index contributed by atoms with van der Waals surface area (Å²) in [4.78, 5) is 38.2. The van der Waals surface area contributed by atoms with Crippen molar-refractivity contribution in [3.63, 3.8) is 0 Å². The number of hydrogen-bond donors (Lipinski definition) is 2. The summed E-state index contributed by atoms with van der Waals surface area (Å²) in [6.45, 7) is 3.69. The van der Waals surface area contributed by atoms with Gasteiger partial charge in [0.15, 0.2) is 0 Å². The van der Waals surface area contributed by atoms with Gasteiger partial charge in [-0.2, -0.15) is 0 Å². The molecule has 1 saturated heterocycles. The molecule has 0 bridgehead atoms. The van der Waals surface area contributed by atoms with Gasteiger partial charge in [-0.25, -0.2) is 0 Å². The molecule has 0 spiro atoms. The van der Waals surface area contributed by atoms with Gasteiger partial charge in [-0.05, 0) is 24.1 Å². The largest absolute Gasteiger partial charge is 0.497 e. The molecule has 8 heteroatoms. The molecule has 1 unspecified atom stereocenters. The number of esters is 1. The number of ether oxygens (including phenoxy) is 2. The third-order valence-corrected chi connectivity index (χ3v) is 4.54. The summed E-state index contributed by atoms with van der Waals surface area (Å²) in [6.07, 6.45) is 1.57. The molecule has 2 amide bonds. The van der Waals surface area contributed by atoms with Gasteiger partial charge < -0.3 is 25.0 Å². The Labute approximate surface area is 165 Å². The van der Waals surface area contributed by atoms with E-state index in [4.69, 9.17) is 9.47 Å². The minimum absolute atomic E-state index is 0.0840. The normalized spacial score (nSPS) is 16.4. The fraction of sp³-hybridized carbons (Fsp3) is 0.550. The second-order valence-corrected chi connectivity index (χ2v) is 6.62. The molecular formula is C20H29N3O5. The van der Waals surface area contributed by atoms with E-state index in [1.807, 2.05) is 31.2 Å². The Morgan fingerprint density at radius 3 is 2.71 bits per heavy atom. The van der Waals surface area contributed by atoms with Crippen molar-refractivity contribution in [1.29, 1.82) is 0 Å². The number of methoxy groups -OCH3 is 1. The van der Waals surface area contributed by atoms with Gasteiger partial charge >= 0.3 is 5.97 Å². The highest BCUT2D eigenvalue weighted by Crippen LogP contribution is 2.12. The average Bonchev–Trinajstić information content (AvgIpc) is 2.70. The Hall–Kier alpha value is -2.61. The molecule has 0 radical (unpaired) electrons. The fourth-order valence-corrected chi connectivity index (χ4v) is 2.92. The van der Waals surface area contributed by atoms with Crippen molar-refractivity contribution in [3.05, 3.63) is 29.8 Å². The van der Waals surface area contributed by atoms with Crippen LogP contribution in [0, 0.1) is 0 Å². The number of amides is 2. The minimum Gasteiger partial charge on any atom is -0.497 e. The van der Waals surface area contributed by atoms with E-state index in [1.54, 1.807) is 7.11 Å². The molecule has 0 saturated carbocycles. The molecule has 1 aromatic carbocycles. The van der Waals surface area contributed by atoms with Crippen LogP contribution in [0.1, 0.15) is 31.7 Å². The summed E-state index contributed by atoms with van der Waals surface area (Å²) in [5.41, 5.74) is 1.01. The zero-order valence-corrected chi connectivity index (χ0v) is 16.5. The molecule has 1 aliphatic heterocycles. The molecular weight excluding hydrogens is 362 g/mol. The highest BCUT2D eigenvalue weighted by Gasteiger charge is 2.34. The lowest BCUT2D eigenvalue weighted by Gasteiger charge is -2.34. The molecule has 2 rings (SSSR count). The van der Waals surface area contributed by atoms with E-state index >= 15 is 0 Å². The maximum Gasteiger partial charge on any atom is 0.308 e. The zero-order valence-electron chi connectivity index (χ0n) is 16.5. The third-order valence-electron chi connectivity index (χ3n) is 4.54. The number of piperazine rings is 1. The summed E-state index contributed by atoms with van der Waals surface area (Å²) in [6, 6.07) is 6.72. The van der Waals surface area contributed by atoms with E-state index in [0.29, 0.717) is 26.2 Å². The molecule has 0 aromatic heterocycles. The van der Waals surface area contributed by atoms with E-state index in [2.05, 4.69) is 10.6 Å². The van der Waals surface area contributed by atoms with E-state index in [0.717, 1.165) is 24.2 Å². The maximum absolute atomic E-state index is 12.6. The molecule has 28 heavy (non-hydrogen) atoms. The standard InChI is InChI=1S/C20H29N3O5/c1-3-4-11-28-19(25)12-17-20(26)22-9-10-23(17)18(24)14-21-13-15-5-7-16(27-2)8-6-15/h5-8,17,21H,3-4,9-14H2,1-2H3,(H,22,26). The van der Waals surface area contributed by atoms with Crippen molar-refractivity contribution in [3.8, 4) is 5.75 Å². The number of rotatable bonds is 10. The number of nitrogens with one attached hydrogen (secondary N) is 2. The van der Waals surface area contributed by atoms with E-state index in [1.165, 1.54) is 4.90 Å². The van der Waals surface area contributed by atoms with Crippen molar-refractivity contribution in [2.45, 2.75) is 38.8 Å². The highest BCUT2D eigenvalue weighted by atomic mass is 16.5. The number of benzene rings is 1. The SMILES string of the molecule is CCCCOC(=O)CC1C(=O)NCCN1C(=O)CNCc1ccc(OC)cc1. The third kappa shape index (κ3) is 6.53. The molecule has 1 aliphatic rings. The number of unbranched alkanes of at least 4 members (excludes halogenated alkanes) is 1. The van der Waals surface area contributed by atoms with Crippen LogP contribution in [0.15, 0.2) is 24.3 Å². The number of hydrogen-bond acceptors (Lipinski definition) is 6. The molecule has 0 aliphatic carbocycles. The Morgan fingerprint density at radius 2 is 2.04 bits per heavy atom. The Balaban J connectivity index is 1.85. The molecule has 1 atom stereocenters. The predicted octanol–water partition coefficient (Wildman–Crippen LogP) is 0.845. The number of carbonyl (C=O) groups is 3. The molecule has 1 heterocycles. The average molecular weight is 391 g/mol. The van der Waals surface area contributed by atoms with E-state index in [9.17, 15) is 14.4 Å². The topological polar surface area (TPSA) is 97.0 Å². The lowest BCUT2D eigenvalue weighted by molar-refractivity contribution is -0.151. The maximum atomic E-state index is 12.6. The lowest BCUT2D eigenvalue weighted by atomic mass is 10.1. The van der Waals surface area contributed by atoms with Crippen LogP contribution in [-0.2, 0) is 25.7 Å². The summed E-state index contributed by atoms with van der Waals surface area (Å²) < 4.78 is 10.3. The van der Waals surface area contributed by atoms with Crippen molar-refractivity contribution in [1.82, 2.24) is 15.5 Å². The van der Waals surface area contributed by atoms with Crippen LogP contribution in [0.2, 0.25) is 0 Å². The highest BCUT2D eigenvalue weighted by molar-refractivity contribution is 5.92. The van der Waals surface area contributed by atoms with E-state index in [-0.39, 0.29) is 24.8 Å². The second-order valence-electron chi connectivity index (χ2n) is 6.62. The van der Waals surface area contributed by atoms with Crippen molar-refractivity contribution < 1.29 is 23.9 Å². The van der Waals surface area contributed by atoms with Crippen molar-refractivity contribution in [2.75, 3.05) is 33.4 Å². The van der Waals surface area contributed by atoms with Crippen LogP contribution >= 0.6 is 0 Å². The first-order valence-corrected chi connectivity index (χ1v) is 9.61. The predicted molar refractivity (Wildman–Crippen MR) is 104 cm³/mol. The monoisotopic (exact) mass is 391 g/mol. The van der Waals surface area contributed by atoms with Gasteiger partial charge in [-0.3, -0.25) is 14.4 Å². The Kier molecular flexibility index (Phi) is 8.74. The van der Waals surface area contributed by atoms with Crippen LogP contribution in [-0.4, -0.2) is 62.1 Å². The van der Waals surface area contributed by atoms with Crippen LogP contribution in [0.25, 0.3) is 0 Å². The van der Waals surface area contributed by atoms with Crippen LogP contribution in [0.4, 0.5) is 0 Å². The summed E-state index contributed by atoms with van der Waals surface area (Å²) in [5, 5.41) is 5.80. The zero-order chi connectivity index (χ0) is 20.4.